The van der Waals surface area contributed by atoms with Gasteiger partial charge in [0.15, 0.2) is 0 Å². The molecule has 2 aromatic rings. The Hall–Kier alpha value is -2.28. The van der Waals surface area contributed by atoms with Gasteiger partial charge in [0, 0.05) is 13.1 Å². The number of benzene rings is 1. The molecule has 1 fully saturated rings. The third-order valence-corrected chi connectivity index (χ3v) is 9.89. The van der Waals surface area contributed by atoms with Crippen LogP contribution in [-0.4, -0.2) is 69.2 Å². The summed E-state index contributed by atoms with van der Waals surface area (Å²) in [7, 11) is 3.21. The number of carbonyl (C=O) groups is 3. The van der Waals surface area contributed by atoms with E-state index in [1.54, 1.807) is 37.8 Å². The van der Waals surface area contributed by atoms with Gasteiger partial charge in [0.05, 0.1) is 26.9 Å². The summed E-state index contributed by atoms with van der Waals surface area (Å²) in [4.78, 5) is 42.6. The maximum Gasteiger partial charge on any atom is 0.505 e. The van der Waals surface area contributed by atoms with Crippen molar-refractivity contribution < 1.29 is 24.2 Å². The van der Waals surface area contributed by atoms with Gasteiger partial charge in [-0.15, -0.1) is 11.3 Å². The van der Waals surface area contributed by atoms with Crippen LogP contribution in [0.5, 0.6) is 0 Å². The Balaban J connectivity index is 0.000000432. The van der Waals surface area contributed by atoms with Gasteiger partial charge in [-0.05, 0) is 56.4 Å². The summed E-state index contributed by atoms with van der Waals surface area (Å²) < 4.78 is 4.30. The van der Waals surface area contributed by atoms with Gasteiger partial charge in [-0.3, -0.25) is 9.59 Å². The number of thiazole rings is 1. The van der Waals surface area contributed by atoms with E-state index in [1.165, 1.54) is 0 Å². The molecule has 0 aliphatic carbocycles. The highest BCUT2D eigenvalue weighted by Crippen LogP contribution is 2.33. The monoisotopic (exact) mass is 610 g/mol. The van der Waals surface area contributed by atoms with E-state index >= 15 is 0 Å². The minimum Gasteiger partial charge on any atom is -0.450 e. The molecule has 1 aliphatic heterocycles. The van der Waals surface area contributed by atoms with Crippen molar-refractivity contribution in [2.24, 2.45) is 11.1 Å². The summed E-state index contributed by atoms with van der Waals surface area (Å²) in [6.45, 7) is 13.0. The second-order valence-electron chi connectivity index (χ2n) is 11.3. The van der Waals surface area contributed by atoms with Gasteiger partial charge in [-0.25, -0.2) is 9.78 Å². The quantitative estimate of drug-likeness (QED) is 0.246. The maximum absolute atomic E-state index is 12.8. The molecular weight excluding hydrogens is 569 g/mol. The number of ether oxygens (including phenoxy) is 1. The molecule has 0 spiro atoms. The third-order valence-electron chi connectivity index (χ3n) is 6.32. The van der Waals surface area contributed by atoms with E-state index in [0.29, 0.717) is 19.5 Å². The first-order chi connectivity index (χ1) is 18.7. The summed E-state index contributed by atoms with van der Waals surface area (Å²) >= 11 is 1.62. The fourth-order valence-electron chi connectivity index (χ4n) is 4.00. The number of aryl methyl sites for hydroxylation is 1. The molecule has 0 bridgehead atoms. The molecule has 2 unspecified atom stereocenters. The van der Waals surface area contributed by atoms with Gasteiger partial charge >= 0.3 is 6.16 Å². The van der Waals surface area contributed by atoms with Crippen molar-refractivity contribution in [1.82, 2.24) is 15.2 Å². The summed E-state index contributed by atoms with van der Waals surface area (Å²) in [6, 6.07) is 7.09. The number of nitrogens with one attached hydrogen (secondary N) is 1. The van der Waals surface area contributed by atoms with Crippen LogP contribution in [0.15, 0.2) is 29.8 Å². The summed E-state index contributed by atoms with van der Waals surface area (Å²) in [5.41, 5.74) is 10.8. The zero-order valence-electron chi connectivity index (χ0n) is 24.4. The molecule has 1 aliphatic rings. The Kier molecular flexibility index (Phi) is 12.8. The normalized spacial score (nSPS) is 16.1. The number of carbonyl (C=O) groups excluding carboxylic acids is 2. The van der Waals surface area contributed by atoms with Gasteiger partial charge in [0.2, 0.25) is 11.8 Å². The van der Waals surface area contributed by atoms with Crippen LogP contribution in [-0.2, 0) is 20.9 Å². The number of aromatic nitrogens is 1. The van der Waals surface area contributed by atoms with Crippen molar-refractivity contribution >= 4 is 50.9 Å². The summed E-state index contributed by atoms with van der Waals surface area (Å²) in [5, 5.41) is 11.2. The highest BCUT2D eigenvalue weighted by molar-refractivity contribution is 8.76. The molecule has 3 rings (SSSR count). The Bertz CT molecular complexity index is 1130. The Morgan fingerprint density at radius 1 is 1.23 bits per heavy atom. The molecule has 9 nitrogen and oxygen atoms in total. The summed E-state index contributed by atoms with van der Waals surface area (Å²) in [6.07, 6.45) is 2.24. The smallest absolute Gasteiger partial charge is 0.450 e. The molecule has 2 amide bonds. The van der Waals surface area contributed by atoms with Crippen LogP contribution >= 0.6 is 32.9 Å². The van der Waals surface area contributed by atoms with Crippen LogP contribution in [0.25, 0.3) is 10.4 Å². The van der Waals surface area contributed by atoms with Gasteiger partial charge < -0.3 is 25.8 Å². The minimum atomic E-state index is -1.21. The number of amides is 2. The maximum atomic E-state index is 12.8. The SMILES string of the molecule is CSSC(C)(C)COC(=O)O.Cc1ncsc1-c1ccc(CNC(=O)C2CCCN2C(=O)C(N)C(C)(C)C)cc1. The van der Waals surface area contributed by atoms with Gasteiger partial charge in [-0.2, -0.15) is 0 Å². The third kappa shape index (κ3) is 10.3. The first-order valence-corrected chi connectivity index (χ1v) is 16.5. The summed E-state index contributed by atoms with van der Waals surface area (Å²) in [5.74, 6) is -0.251. The molecule has 0 radical (unpaired) electrons. The highest BCUT2D eigenvalue weighted by atomic mass is 33.1. The van der Waals surface area contributed by atoms with Crippen LogP contribution in [0, 0.1) is 12.3 Å². The fraction of sp³-hybridized carbons (Fsp3) is 0.571. The van der Waals surface area contributed by atoms with E-state index in [0.717, 1.165) is 28.1 Å². The molecule has 222 valence electrons. The van der Waals surface area contributed by atoms with Crippen molar-refractivity contribution in [1.29, 1.82) is 0 Å². The van der Waals surface area contributed by atoms with E-state index in [2.05, 4.69) is 27.2 Å². The Morgan fingerprint density at radius 2 is 1.88 bits per heavy atom. The van der Waals surface area contributed by atoms with E-state index in [-0.39, 0.29) is 28.6 Å². The second kappa shape index (κ2) is 15.1. The van der Waals surface area contributed by atoms with Gasteiger partial charge in [0.25, 0.3) is 0 Å². The standard InChI is InChI=1S/C22H30N4O2S.C6H12O3S2/c1-14-18(29-13-25-14)16-9-7-15(8-10-16)12-24-20(27)17-6-5-11-26(17)21(28)19(23)22(2,3)4;1-6(2,11-10-3)4-9-5(7)8/h7-10,13,17,19H,5-6,11-12,23H2,1-4H3,(H,24,27);4H2,1-3H3,(H,7,8). The molecular formula is C28H42N4O5S3. The molecule has 0 saturated carbocycles. The average Bonchev–Trinajstić information content (AvgIpc) is 3.55. The molecule has 4 N–H and O–H groups in total. The first-order valence-electron chi connectivity index (χ1n) is 13.1. The molecule has 40 heavy (non-hydrogen) atoms. The van der Waals surface area contributed by atoms with Crippen molar-refractivity contribution in [3.05, 3.63) is 41.0 Å². The number of nitrogens with zero attached hydrogens (tertiary/aromatic N) is 2. The second-order valence-corrected chi connectivity index (χ2v) is 15.2. The fourth-order valence-corrected chi connectivity index (χ4v) is 6.87. The van der Waals surface area contributed by atoms with Crippen molar-refractivity contribution in [3.63, 3.8) is 0 Å². The number of carboxylic acid groups (broad SMARTS) is 1. The molecule has 1 aromatic heterocycles. The number of nitrogens with two attached hydrogens (primary N) is 1. The Labute approximate surface area is 249 Å². The predicted octanol–water partition coefficient (Wildman–Crippen LogP) is 5.57. The molecule has 12 heteroatoms. The molecule has 2 heterocycles. The lowest BCUT2D eigenvalue weighted by molar-refractivity contribution is -0.141. The zero-order chi connectivity index (χ0) is 30.1. The molecule has 2 atom stereocenters. The van der Waals surface area contributed by atoms with Crippen LogP contribution in [0.3, 0.4) is 0 Å². The van der Waals surface area contributed by atoms with Crippen molar-refractivity contribution in [3.8, 4) is 10.4 Å². The van der Waals surface area contributed by atoms with E-state index in [4.69, 9.17) is 10.8 Å². The number of likely N-dealkylation sites (tertiary alicyclic amines) is 1. The zero-order valence-corrected chi connectivity index (χ0v) is 26.8. The largest absolute Gasteiger partial charge is 0.505 e. The van der Waals surface area contributed by atoms with E-state index in [1.807, 2.05) is 65.4 Å². The predicted molar refractivity (Wildman–Crippen MR) is 165 cm³/mol. The van der Waals surface area contributed by atoms with Crippen LogP contribution < -0.4 is 11.1 Å². The number of hydrogen-bond acceptors (Lipinski definition) is 9. The van der Waals surface area contributed by atoms with Gasteiger partial charge in [0.1, 0.15) is 12.6 Å². The van der Waals surface area contributed by atoms with E-state index in [9.17, 15) is 14.4 Å². The topological polar surface area (TPSA) is 135 Å². The number of hydrogen-bond donors (Lipinski definition) is 3. The van der Waals surface area contributed by atoms with Gasteiger partial charge in [-0.1, -0.05) is 66.6 Å². The van der Waals surface area contributed by atoms with Crippen molar-refractivity contribution in [2.45, 2.75) is 77.8 Å². The lowest BCUT2D eigenvalue weighted by Gasteiger charge is -2.32. The molecule has 1 saturated heterocycles. The first kappa shape index (κ1) is 33.9. The number of rotatable bonds is 9. The average molecular weight is 611 g/mol. The van der Waals surface area contributed by atoms with Crippen LogP contribution in [0.4, 0.5) is 4.79 Å². The lowest BCUT2D eigenvalue weighted by Crippen LogP contribution is -2.54. The highest BCUT2D eigenvalue weighted by Gasteiger charge is 2.39. The minimum absolute atomic E-state index is 0.112. The van der Waals surface area contributed by atoms with Crippen LogP contribution in [0.2, 0.25) is 0 Å². The van der Waals surface area contributed by atoms with E-state index < -0.39 is 18.2 Å². The van der Waals surface area contributed by atoms with Crippen LogP contribution in [0.1, 0.15) is 58.7 Å². The van der Waals surface area contributed by atoms with Crippen molar-refractivity contribution in [2.75, 3.05) is 19.4 Å². The Morgan fingerprint density at radius 3 is 2.40 bits per heavy atom. The molecule has 1 aromatic carbocycles. The lowest BCUT2D eigenvalue weighted by atomic mass is 9.86.